The Labute approximate surface area is 123 Å². The molecule has 7 nitrogen and oxygen atoms in total. The average molecular weight is 293 g/mol. The van der Waals surface area contributed by atoms with E-state index in [1.54, 1.807) is 17.3 Å². The molecular weight excluding hydrogens is 274 g/mol. The van der Waals surface area contributed by atoms with Crippen LogP contribution in [-0.4, -0.2) is 64.2 Å². The number of aliphatic carboxylic acids is 1. The molecule has 1 unspecified atom stereocenters. The zero-order valence-corrected chi connectivity index (χ0v) is 11.9. The van der Waals surface area contributed by atoms with Gasteiger partial charge in [-0.1, -0.05) is 0 Å². The predicted molar refractivity (Wildman–Crippen MR) is 74.7 cm³/mol. The van der Waals surface area contributed by atoms with Gasteiger partial charge in [0.25, 0.3) is 0 Å². The van der Waals surface area contributed by atoms with Crippen molar-refractivity contribution >= 4 is 12.0 Å². The van der Waals surface area contributed by atoms with Gasteiger partial charge in [-0.25, -0.2) is 9.59 Å². The third kappa shape index (κ3) is 3.91. The Morgan fingerprint density at radius 3 is 2.81 bits per heavy atom. The zero-order valence-electron chi connectivity index (χ0n) is 11.9. The lowest BCUT2D eigenvalue weighted by Gasteiger charge is -2.34. The van der Waals surface area contributed by atoms with E-state index in [1.807, 2.05) is 19.1 Å². The number of hydrogen-bond donors (Lipinski definition) is 1. The number of hydrogen-bond acceptors (Lipinski definition) is 4. The first-order valence-corrected chi connectivity index (χ1v) is 6.89. The minimum atomic E-state index is -1.04. The van der Waals surface area contributed by atoms with E-state index in [0.29, 0.717) is 19.6 Å². The zero-order chi connectivity index (χ0) is 15.2. The lowest BCUT2D eigenvalue weighted by atomic mass is 10.2. The predicted octanol–water partition coefficient (Wildman–Crippen LogP) is 0.809. The number of urea groups is 1. The number of carbonyl (C=O) groups excluding carboxylic acids is 1. The van der Waals surface area contributed by atoms with Crippen LogP contribution in [0.4, 0.5) is 4.79 Å². The van der Waals surface area contributed by atoms with E-state index in [4.69, 9.17) is 9.84 Å². The van der Waals surface area contributed by atoms with E-state index in [1.165, 1.54) is 4.90 Å². The summed E-state index contributed by atoms with van der Waals surface area (Å²) in [6.07, 6.45) is 2.42. The minimum Gasteiger partial charge on any atom is -0.479 e. The van der Waals surface area contributed by atoms with Gasteiger partial charge in [-0.05, 0) is 24.6 Å². The Morgan fingerprint density at radius 2 is 2.19 bits per heavy atom. The molecule has 2 rings (SSSR count). The highest BCUT2D eigenvalue weighted by Gasteiger charge is 2.30. The smallest absolute Gasteiger partial charge is 0.334 e. The van der Waals surface area contributed by atoms with E-state index in [0.717, 1.165) is 5.56 Å². The van der Waals surface area contributed by atoms with Crippen molar-refractivity contribution in [1.82, 2.24) is 14.8 Å². The number of rotatable bonds is 4. The molecule has 0 aromatic carbocycles. The molecule has 1 aromatic rings. The lowest BCUT2D eigenvalue weighted by molar-refractivity contribution is -0.154. The summed E-state index contributed by atoms with van der Waals surface area (Å²) in [6.45, 7) is 3.67. The Kier molecular flexibility index (Phi) is 5.10. The highest BCUT2D eigenvalue weighted by Crippen LogP contribution is 2.11. The summed E-state index contributed by atoms with van der Waals surface area (Å²) in [5.74, 6) is -1.04. The van der Waals surface area contributed by atoms with Crippen LogP contribution in [0.25, 0.3) is 0 Å². The Bertz CT molecular complexity index is 494. The summed E-state index contributed by atoms with van der Waals surface area (Å²) >= 11 is 0. The van der Waals surface area contributed by atoms with Gasteiger partial charge in [0.15, 0.2) is 6.10 Å². The summed E-state index contributed by atoms with van der Waals surface area (Å²) < 4.78 is 5.13. The maximum Gasteiger partial charge on any atom is 0.334 e. The molecule has 21 heavy (non-hydrogen) atoms. The molecule has 0 spiro atoms. The normalized spacial score (nSPS) is 18.3. The molecule has 0 bridgehead atoms. The van der Waals surface area contributed by atoms with Crippen molar-refractivity contribution < 1.29 is 19.4 Å². The molecule has 1 aromatic heterocycles. The number of ether oxygens (including phenoxy) is 1. The van der Waals surface area contributed by atoms with Crippen molar-refractivity contribution in [3.8, 4) is 0 Å². The number of carboxylic acids is 1. The maximum atomic E-state index is 12.5. The largest absolute Gasteiger partial charge is 0.479 e. The van der Waals surface area contributed by atoms with Crippen molar-refractivity contribution in [2.45, 2.75) is 19.6 Å². The third-order valence-corrected chi connectivity index (χ3v) is 3.39. The van der Waals surface area contributed by atoms with Crippen LogP contribution in [0.15, 0.2) is 24.5 Å². The SMILES string of the molecule is CCN(Cc1ccncc1)C(=O)N1CCOC(C(=O)O)C1. The molecule has 0 radical (unpaired) electrons. The average Bonchev–Trinajstić information content (AvgIpc) is 2.53. The fraction of sp³-hybridized carbons (Fsp3) is 0.500. The Balaban J connectivity index is 2.00. The molecule has 1 aliphatic rings. The second kappa shape index (κ2) is 7.03. The van der Waals surface area contributed by atoms with Crippen LogP contribution in [0.3, 0.4) is 0 Å². The first kappa shape index (κ1) is 15.2. The fourth-order valence-corrected chi connectivity index (χ4v) is 2.20. The first-order valence-electron chi connectivity index (χ1n) is 6.89. The number of nitrogens with zero attached hydrogens (tertiary/aromatic N) is 3. The molecule has 1 atom stereocenters. The molecule has 1 fully saturated rings. The molecule has 1 aliphatic heterocycles. The van der Waals surface area contributed by atoms with Gasteiger partial charge in [-0.2, -0.15) is 0 Å². The van der Waals surface area contributed by atoms with Gasteiger partial charge >= 0.3 is 12.0 Å². The van der Waals surface area contributed by atoms with Gasteiger partial charge in [-0.3, -0.25) is 4.98 Å². The molecule has 1 saturated heterocycles. The Hall–Kier alpha value is -2.15. The van der Waals surface area contributed by atoms with E-state index in [2.05, 4.69) is 4.98 Å². The quantitative estimate of drug-likeness (QED) is 0.888. The molecule has 2 amide bonds. The standard InChI is InChI=1S/C14H19N3O4/c1-2-16(9-11-3-5-15-6-4-11)14(20)17-7-8-21-12(10-17)13(18)19/h3-6,12H,2,7-10H2,1H3,(H,18,19). The summed E-state index contributed by atoms with van der Waals surface area (Å²) in [5, 5.41) is 8.99. The van der Waals surface area contributed by atoms with Gasteiger partial charge in [-0.15, -0.1) is 0 Å². The van der Waals surface area contributed by atoms with Crippen LogP contribution in [0, 0.1) is 0 Å². The maximum absolute atomic E-state index is 12.5. The van der Waals surface area contributed by atoms with Gasteiger partial charge in [0, 0.05) is 32.0 Å². The molecule has 7 heteroatoms. The summed E-state index contributed by atoms with van der Waals surface area (Å²) in [5.41, 5.74) is 0.989. The van der Waals surface area contributed by atoms with Gasteiger partial charge in [0.05, 0.1) is 13.2 Å². The second-order valence-corrected chi connectivity index (χ2v) is 4.80. The van der Waals surface area contributed by atoms with Crippen LogP contribution in [0.1, 0.15) is 12.5 Å². The van der Waals surface area contributed by atoms with Crippen LogP contribution >= 0.6 is 0 Å². The van der Waals surface area contributed by atoms with Gasteiger partial charge in [0.1, 0.15) is 0 Å². The topological polar surface area (TPSA) is 83.0 Å². The third-order valence-electron chi connectivity index (χ3n) is 3.39. The van der Waals surface area contributed by atoms with E-state index < -0.39 is 12.1 Å². The first-order chi connectivity index (χ1) is 10.1. The van der Waals surface area contributed by atoms with Crippen molar-refractivity contribution in [1.29, 1.82) is 0 Å². The minimum absolute atomic E-state index is 0.0843. The highest BCUT2D eigenvalue weighted by molar-refractivity contribution is 5.77. The van der Waals surface area contributed by atoms with E-state index in [-0.39, 0.29) is 19.2 Å². The number of pyridine rings is 1. The van der Waals surface area contributed by atoms with Crippen molar-refractivity contribution in [3.63, 3.8) is 0 Å². The lowest BCUT2D eigenvalue weighted by Crippen LogP contribution is -2.52. The van der Waals surface area contributed by atoms with Gasteiger partial charge in [0.2, 0.25) is 0 Å². The van der Waals surface area contributed by atoms with E-state index >= 15 is 0 Å². The molecule has 2 heterocycles. The monoisotopic (exact) mass is 293 g/mol. The second-order valence-electron chi connectivity index (χ2n) is 4.80. The van der Waals surface area contributed by atoms with Crippen LogP contribution in [0.2, 0.25) is 0 Å². The highest BCUT2D eigenvalue weighted by atomic mass is 16.5. The molecule has 0 saturated carbocycles. The Morgan fingerprint density at radius 1 is 1.48 bits per heavy atom. The van der Waals surface area contributed by atoms with Crippen molar-refractivity contribution in [2.24, 2.45) is 0 Å². The number of amides is 2. The van der Waals surface area contributed by atoms with Gasteiger partial charge < -0.3 is 19.6 Å². The number of aromatic nitrogens is 1. The number of carboxylic acid groups (broad SMARTS) is 1. The fourth-order valence-electron chi connectivity index (χ4n) is 2.20. The summed E-state index contributed by atoms with van der Waals surface area (Å²) in [4.78, 5) is 30.6. The summed E-state index contributed by atoms with van der Waals surface area (Å²) in [7, 11) is 0. The molecular formula is C14H19N3O4. The van der Waals surface area contributed by atoms with Crippen molar-refractivity contribution in [3.05, 3.63) is 30.1 Å². The van der Waals surface area contributed by atoms with E-state index in [9.17, 15) is 9.59 Å². The molecule has 114 valence electrons. The molecule has 0 aliphatic carbocycles. The summed E-state index contributed by atoms with van der Waals surface area (Å²) in [6, 6.07) is 3.55. The van der Waals surface area contributed by atoms with Crippen LogP contribution in [0.5, 0.6) is 0 Å². The molecule has 1 N–H and O–H groups in total. The van der Waals surface area contributed by atoms with Crippen molar-refractivity contribution in [2.75, 3.05) is 26.2 Å². The number of carbonyl (C=O) groups is 2. The number of morpholine rings is 1. The van der Waals surface area contributed by atoms with Crippen LogP contribution in [-0.2, 0) is 16.1 Å². The van der Waals surface area contributed by atoms with Crippen LogP contribution < -0.4 is 0 Å².